The van der Waals surface area contributed by atoms with Gasteiger partial charge in [0, 0.05) is 30.3 Å². The van der Waals surface area contributed by atoms with Crippen LogP contribution in [0.1, 0.15) is 26.7 Å². The van der Waals surface area contributed by atoms with Crippen LogP contribution in [-0.4, -0.2) is 35.5 Å². The van der Waals surface area contributed by atoms with Gasteiger partial charge in [-0.2, -0.15) is 0 Å². The molecule has 0 amide bonds. The average Bonchev–Trinajstić information content (AvgIpc) is 2.14. The number of hydroxylamine groups is 2. The number of piperidine rings is 1. The highest BCUT2D eigenvalue weighted by Gasteiger charge is 2.26. The van der Waals surface area contributed by atoms with Crippen molar-refractivity contribution in [2.45, 2.75) is 38.3 Å². The molecule has 1 rings (SSSR count). The summed E-state index contributed by atoms with van der Waals surface area (Å²) < 4.78 is 0. The van der Waals surface area contributed by atoms with Crippen LogP contribution in [0.15, 0.2) is 24.6 Å². The molecule has 0 unspecified atom stereocenters. The zero-order valence-corrected chi connectivity index (χ0v) is 10.4. The molecule has 4 nitrogen and oxygen atoms in total. The Morgan fingerprint density at radius 1 is 1.44 bits per heavy atom. The first-order chi connectivity index (χ1) is 7.33. The molecule has 1 heterocycles. The van der Waals surface area contributed by atoms with Gasteiger partial charge in [-0.1, -0.05) is 13.2 Å². The number of nitrogens with zero attached hydrogens (tertiary/aromatic N) is 1. The molecule has 1 fully saturated rings. The topological polar surface area (TPSA) is 44.7 Å². The van der Waals surface area contributed by atoms with E-state index in [1.165, 1.54) is 0 Å². The van der Waals surface area contributed by atoms with Crippen LogP contribution >= 0.6 is 0 Å². The highest BCUT2D eigenvalue weighted by atomic mass is 16.7. The van der Waals surface area contributed by atoms with Crippen LogP contribution < -0.4 is 5.32 Å². The summed E-state index contributed by atoms with van der Waals surface area (Å²) in [4.78, 5) is 5.52. The quantitative estimate of drug-likeness (QED) is 0.760. The van der Waals surface area contributed by atoms with Gasteiger partial charge in [-0.3, -0.25) is 4.84 Å². The molecule has 0 radical (unpaired) electrons. The molecule has 16 heavy (non-hydrogen) atoms. The molecule has 0 aromatic carbocycles. The first kappa shape index (κ1) is 13.2. The summed E-state index contributed by atoms with van der Waals surface area (Å²) in [5, 5.41) is 14.4. The molecule has 92 valence electrons. The van der Waals surface area contributed by atoms with E-state index in [-0.39, 0.29) is 6.61 Å². The van der Waals surface area contributed by atoms with E-state index in [2.05, 4.69) is 18.5 Å². The van der Waals surface area contributed by atoms with Crippen LogP contribution in [0.25, 0.3) is 0 Å². The largest absolute Gasteiger partial charge is 0.388 e. The molecule has 1 saturated heterocycles. The Balaban J connectivity index is 2.54. The molecule has 1 aliphatic rings. The lowest BCUT2D eigenvalue weighted by molar-refractivity contribution is -0.160. The normalized spacial score (nSPS) is 19.4. The van der Waals surface area contributed by atoms with Crippen LogP contribution in [0.2, 0.25) is 0 Å². The van der Waals surface area contributed by atoms with E-state index in [4.69, 9.17) is 4.84 Å². The third kappa shape index (κ3) is 3.63. The Kier molecular flexibility index (Phi) is 4.13. The summed E-state index contributed by atoms with van der Waals surface area (Å²) in [6, 6.07) is 0.377. The Labute approximate surface area is 97.5 Å². The SMILES string of the molecule is C=C1CC(NC)CC(=C)N1OCC(C)(C)O. The van der Waals surface area contributed by atoms with Crippen LogP contribution in [0.5, 0.6) is 0 Å². The standard InChI is InChI=1S/C12H22N2O2/c1-9-6-11(13-5)7-10(2)14(9)16-8-12(3,4)15/h11,13,15H,1-2,6-8H2,3-5H3. The number of nitrogens with one attached hydrogen (secondary N) is 1. The summed E-state index contributed by atoms with van der Waals surface area (Å²) >= 11 is 0. The molecule has 0 aromatic heterocycles. The zero-order valence-electron chi connectivity index (χ0n) is 10.4. The van der Waals surface area contributed by atoms with Crippen molar-refractivity contribution in [1.82, 2.24) is 10.4 Å². The van der Waals surface area contributed by atoms with Gasteiger partial charge in [0.25, 0.3) is 0 Å². The average molecular weight is 226 g/mol. The second kappa shape index (κ2) is 4.99. The lowest BCUT2D eigenvalue weighted by atomic mass is 10.0. The summed E-state index contributed by atoms with van der Waals surface area (Å²) in [5.74, 6) is 0. The van der Waals surface area contributed by atoms with E-state index in [1.807, 2.05) is 7.05 Å². The molecule has 0 spiro atoms. The van der Waals surface area contributed by atoms with Gasteiger partial charge in [-0.25, -0.2) is 5.06 Å². The third-order valence-electron chi connectivity index (χ3n) is 2.49. The number of hydrogen-bond donors (Lipinski definition) is 2. The third-order valence-corrected chi connectivity index (χ3v) is 2.49. The van der Waals surface area contributed by atoms with Gasteiger partial charge >= 0.3 is 0 Å². The summed E-state index contributed by atoms with van der Waals surface area (Å²) in [6.45, 7) is 11.6. The van der Waals surface area contributed by atoms with E-state index in [0.29, 0.717) is 6.04 Å². The smallest absolute Gasteiger partial charge is 0.103 e. The fourth-order valence-electron chi connectivity index (χ4n) is 1.64. The fraction of sp³-hybridized carbons (Fsp3) is 0.667. The van der Waals surface area contributed by atoms with Crippen molar-refractivity contribution in [3.05, 3.63) is 24.6 Å². The first-order valence-electron chi connectivity index (χ1n) is 5.52. The molecular formula is C12H22N2O2. The van der Waals surface area contributed by atoms with E-state index in [1.54, 1.807) is 18.9 Å². The van der Waals surface area contributed by atoms with Crippen molar-refractivity contribution in [3.8, 4) is 0 Å². The Morgan fingerprint density at radius 2 is 1.94 bits per heavy atom. The number of hydrogen-bond acceptors (Lipinski definition) is 4. The summed E-state index contributed by atoms with van der Waals surface area (Å²) in [5.41, 5.74) is 0.903. The predicted molar refractivity (Wildman–Crippen MR) is 64.5 cm³/mol. The van der Waals surface area contributed by atoms with Crippen molar-refractivity contribution >= 4 is 0 Å². The van der Waals surface area contributed by atoms with Crippen LogP contribution in [0, 0.1) is 0 Å². The van der Waals surface area contributed by atoms with E-state index < -0.39 is 5.60 Å². The van der Waals surface area contributed by atoms with E-state index in [0.717, 1.165) is 24.2 Å². The van der Waals surface area contributed by atoms with Gasteiger partial charge in [0.1, 0.15) is 6.61 Å². The van der Waals surface area contributed by atoms with Gasteiger partial charge in [0.2, 0.25) is 0 Å². The second-order valence-corrected chi connectivity index (χ2v) is 4.91. The van der Waals surface area contributed by atoms with Gasteiger partial charge < -0.3 is 10.4 Å². The van der Waals surface area contributed by atoms with Crippen molar-refractivity contribution in [2.24, 2.45) is 0 Å². The van der Waals surface area contributed by atoms with Crippen LogP contribution in [-0.2, 0) is 4.84 Å². The predicted octanol–water partition coefficient (Wildman–Crippen LogP) is 1.40. The second-order valence-electron chi connectivity index (χ2n) is 4.91. The lowest BCUT2D eigenvalue weighted by Gasteiger charge is -2.36. The number of rotatable bonds is 4. The molecule has 2 N–H and O–H groups in total. The van der Waals surface area contributed by atoms with Gasteiger partial charge in [0.05, 0.1) is 5.60 Å². The molecule has 1 aliphatic heterocycles. The Bertz CT molecular complexity index is 263. The minimum Gasteiger partial charge on any atom is -0.388 e. The van der Waals surface area contributed by atoms with Crippen molar-refractivity contribution in [1.29, 1.82) is 0 Å². The Hall–Kier alpha value is -0.840. The van der Waals surface area contributed by atoms with E-state index in [9.17, 15) is 5.11 Å². The fourth-order valence-corrected chi connectivity index (χ4v) is 1.64. The highest BCUT2D eigenvalue weighted by Crippen LogP contribution is 2.27. The molecular weight excluding hydrogens is 204 g/mol. The maximum atomic E-state index is 9.60. The maximum Gasteiger partial charge on any atom is 0.103 e. The molecule has 4 heteroatoms. The summed E-state index contributed by atoms with van der Waals surface area (Å²) in [7, 11) is 1.93. The highest BCUT2D eigenvalue weighted by molar-refractivity contribution is 5.12. The van der Waals surface area contributed by atoms with Crippen molar-refractivity contribution < 1.29 is 9.94 Å². The maximum absolute atomic E-state index is 9.60. The molecule has 0 saturated carbocycles. The molecule has 0 aliphatic carbocycles. The summed E-state index contributed by atoms with van der Waals surface area (Å²) in [6.07, 6.45) is 1.67. The molecule has 0 aromatic rings. The zero-order chi connectivity index (χ0) is 12.3. The first-order valence-corrected chi connectivity index (χ1v) is 5.52. The number of aliphatic hydroxyl groups is 1. The van der Waals surface area contributed by atoms with Gasteiger partial charge in [0.15, 0.2) is 0 Å². The molecule has 0 atom stereocenters. The minimum absolute atomic E-state index is 0.231. The minimum atomic E-state index is -0.847. The van der Waals surface area contributed by atoms with Crippen molar-refractivity contribution in [3.63, 3.8) is 0 Å². The van der Waals surface area contributed by atoms with Gasteiger partial charge in [-0.15, -0.1) is 0 Å². The molecule has 0 bridgehead atoms. The van der Waals surface area contributed by atoms with E-state index >= 15 is 0 Å². The van der Waals surface area contributed by atoms with Gasteiger partial charge in [-0.05, 0) is 20.9 Å². The van der Waals surface area contributed by atoms with Crippen LogP contribution in [0.3, 0.4) is 0 Å². The lowest BCUT2D eigenvalue weighted by Crippen LogP contribution is -2.40. The monoisotopic (exact) mass is 226 g/mol. The van der Waals surface area contributed by atoms with Crippen LogP contribution in [0.4, 0.5) is 0 Å². The van der Waals surface area contributed by atoms with Crippen molar-refractivity contribution in [2.75, 3.05) is 13.7 Å². The Morgan fingerprint density at radius 3 is 2.31 bits per heavy atom.